The van der Waals surface area contributed by atoms with Gasteiger partial charge in [-0.1, -0.05) is 0 Å². The zero-order chi connectivity index (χ0) is 13.6. The van der Waals surface area contributed by atoms with E-state index < -0.39 is 11.9 Å². The van der Waals surface area contributed by atoms with E-state index in [-0.39, 0.29) is 6.04 Å². The van der Waals surface area contributed by atoms with Gasteiger partial charge in [-0.05, 0) is 6.42 Å². The summed E-state index contributed by atoms with van der Waals surface area (Å²) in [6.45, 7) is 1.29. The molecule has 1 atom stereocenters. The molecule has 0 saturated carbocycles. The first-order chi connectivity index (χ1) is 8.95. The first kappa shape index (κ1) is 12.2. The van der Waals surface area contributed by atoms with Crippen molar-refractivity contribution in [3.8, 4) is 0 Å². The van der Waals surface area contributed by atoms with E-state index in [0.29, 0.717) is 24.4 Å². The minimum absolute atomic E-state index is 0.0343. The Hall–Kier alpha value is -1.83. The normalized spacial score (nSPS) is 20.4. The first-order valence-electron chi connectivity index (χ1n) is 5.87. The van der Waals surface area contributed by atoms with Gasteiger partial charge in [-0.3, -0.25) is 0 Å². The van der Waals surface area contributed by atoms with Crippen molar-refractivity contribution in [2.75, 3.05) is 18.0 Å². The van der Waals surface area contributed by atoms with Crippen molar-refractivity contribution in [2.24, 2.45) is 5.73 Å². The number of hydrogen-bond acceptors (Lipinski definition) is 4. The lowest BCUT2D eigenvalue weighted by atomic mass is 10.3. The van der Waals surface area contributed by atoms with Gasteiger partial charge in [-0.25, -0.2) is 9.50 Å². The molecule has 0 radical (unpaired) electrons. The second-order valence-electron chi connectivity index (χ2n) is 4.60. The van der Waals surface area contributed by atoms with Crippen molar-refractivity contribution in [1.82, 2.24) is 14.6 Å². The molecule has 0 amide bonds. The van der Waals surface area contributed by atoms with Crippen molar-refractivity contribution < 1.29 is 13.2 Å². The number of anilines is 1. The third-order valence-electron chi connectivity index (χ3n) is 3.18. The van der Waals surface area contributed by atoms with E-state index >= 15 is 0 Å². The topological polar surface area (TPSA) is 59.5 Å². The van der Waals surface area contributed by atoms with Crippen LogP contribution in [0.4, 0.5) is 19.0 Å². The van der Waals surface area contributed by atoms with Crippen molar-refractivity contribution >= 4 is 11.3 Å². The fourth-order valence-electron chi connectivity index (χ4n) is 2.27. The van der Waals surface area contributed by atoms with Gasteiger partial charge in [-0.2, -0.15) is 18.3 Å². The van der Waals surface area contributed by atoms with Crippen LogP contribution >= 0.6 is 0 Å². The number of nitrogens with zero attached hydrogens (tertiary/aromatic N) is 4. The molecule has 3 heterocycles. The summed E-state index contributed by atoms with van der Waals surface area (Å²) in [4.78, 5) is 6.05. The summed E-state index contributed by atoms with van der Waals surface area (Å²) < 4.78 is 39.2. The molecule has 0 spiro atoms. The van der Waals surface area contributed by atoms with Crippen LogP contribution in [0.3, 0.4) is 0 Å². The number of fused-ring (bicyclic) bond motifs is 1. The minimum Gasteiger partial charge on any atom is -0.353 e. The number of rotatable bonds is 1. The molecule has 2 N–H and O–H groups in total. The molecule has 19 heavy (non-hydrogen) atoms. The van der Waals surface area contributed by atoms with Crippen molar-refractivity contribution in [1.29, 1.82) is 0 Å². The van der Waals surface area contributed by atoms with Crippen LogP contribution in [0, 0.1) is 0 Å². The monoisotopic (exact) mass is 271 g/mol. The predicted molar refractivity (Wildman–Crippen MR) is 62.8 cm³/mol. The molecule has 0 aliphatic carbocycles. The molecule has 0 bridgehead atoms. The molecular formula is C11H12F3N5. The van der Waals surface area contributed by atoms with E-state index in [2.05, 4.69) is 10.1 Å². The molecule has 8 heteroatoms. The average Bonchev–Trinajstić information content (AvgIpc) is 2.93. The largest absolute Gasteiger partial charge is 0.435 e. The Balaban J connectivity index is 2.08. The molecule has 5 nitrogen and oxygen atoms in total. The Morgan fingerprint density at radius 1 is 1.37 bits per heavy atom. The molecule has 1 fully saturated rings. The molecule has 102 valence electrons. The maximum Gasteiger partial charge on any atom is 0.435 e. The fraction of sp³-hybridized carbons (Fsp3) is 0.455. The Labute approximate surface area is 106 Å². The quantitative estimate of drug-likeness (QED) is 0.849. The van der Waals surface area contributed by atoms with E-state index in [4.69, 9.17) is 5.73 Å². The maximum atomic E-state index is 12.7. The van der Waals surface area contributed by atoms with Gasteiger partial charge in [-0.15, -0.1) is 0 Å². The second kappa shape index (κ2) is 4.09. The summed E-state index contributed by atoms with van der Waals surface area (Å²) >= 11 is 0. The molecule has 1 saturated heterocycles. The van der Waals surface area contributed by atoms with E-state index in [1.807, 2.05) is 4.90 Å². The smallest absolute Gasteiger partial charge is 0.353 e. The maximum absolute atomic E-state index is 12.7. The summed E-state index contributed by atoms with van der Waals surface area (Å²) in [6, 6.07) is 1.05. The number of halogens is 3. The van der Waals surface area contributed by atoms with Crippen LogP contribution in [-0.2, 0) is 6.18 Å². The van der Waals surface area contributed by atoms with Gasteiger partial charge in [0, 0.05) is 37.6 Å². The summed E-state index contributed by atoms with van der Waals surface area (Å²) in [6.07, 6.45) is -0.795. The van der Waals surface area contributed by atoms with Gasteiger partial charge in [0.2, 0.25) is 0 Å². The number of nitrogens with two attached hydrogens (primary N) is 1. The van der Waals surface area contributed by atoms with Crippen LogP contribution in [0.25, 0.3) is 5.52 Å². The molecule has 1 aliphatic rings. The van der Waals surface area contributed by atoms with Gasteiger partial charge >= 0.3 is 6.18 Å². The number of aromatic nitrogens is 3. The van der Waals surface area contributed by atoms with Gasteiger partial charge in [0.1, 0.15) is 5.52 Å². The lowest BCUT2D eigenvalue weighted by molar-refractivity contribution is -0.141. The van der Waals surface area contributed by atoms with Crippen molar-refractivity contribution in [3.05, 3.63) is 24.2 Å². The Bertz CT molecular complexity index is 606. The molecule has 0 aromatic carbocycles. The van der Waals surface area contributed by atoms with Crippen LogP contribution in [0.1, 0.15) is 12.1 Å². The molecule has 2 aromatic heterocycles. The summed E-state index contributed by atoms with van der Waals surface area (Å²) in [5.41, 5.74) is 5.25. The van der Waals surface area contributed by atoms with Crippen LogP contribution in [0.5, 0.6) is 0 Å². The molecule has 1 aliphatic heterocycles. The highest BCUT2D eigenvalue weighted by Crippen LogP contribution is 2.31. The lowest BCUT2D eigenvalue weighted by Gasteiger charge is -2.17. The first-order valence-corrected chi connectivity index (χ1v) is 5.87. The number of hydrogen-bond donors (Lipinski definition) is 1. The van der Waals surface area contributed by atoms with Gasteiger partial charge in [0.15, 0.2) is 11.5 Å². The van der Waals surface area contributed by atoms with E-state index in [1.54, 1.807) is 0 Å². The SMILES string of the molecule is NC1CCN(c2nccn3nc(C(F)(F)F)cc23)C1. The highest BCUT2D eigenvalue weighted by molar-refractivity contribution is 5.69. The van der Waals surface area contributed by atoms with Crippen molar-refractivity contribution in [3.63, 3.8) is 0 Å². The zero-order valence-corrected chi connectivity index (χ0v) is 9.93. The van der Waals surface area contributed by atoms with Crippen LogP contribution < -0.4 is 10.6 Å². The number of alkyl halides is 3. The predicted octanol–water partition coefficient (Wildman–Crippen LogP) is 1.29. The molecular weight excluding hydrogens is 259 g/mol. The third-order valence-corrected chi connectivity index (χ3v) is 3.18. The highest BCUT2D eigenvalue weighted by atomic mass is 19.4. The van der Waals surface area contributed by atoms with Gasteiger partial charge < -0.3 is 10.6 Å². The Morgan fingerprint density at radius 2 is 2.16 bits per heavy atom. The molecule has 1 unspecified atom stereocenters. The van der Waals surface area contributed by atoms with E-state index in [1.165, 1.54) is 16.9 Å². The second-order valence-corrected chi connectivity index (χ2v) is 4.60. The standard InChI is InChI=1S/C11H12F3N5/c12-11(13,14)9-5-8-10(16-2-4-19(8)17-9)18-3-1-7(15)6-18/h2,4-5,7H,1,3,6,15H2. The Morgan fingerprint density at radius 3 is 2.79 bits per heavy atom. The van der Waals surface area contributed by atoms with Crippen molar-refractivity contribution in [2.45, 2.75) is 18.6 Å². The Kier molecular flexibility index (Phi) is 2.63. The van der Waals surface area contributed by atoms with Crippen LogP contribution in [0.15, 0.2) is 18.5 Å². The van der Waals surface area contributed by atoms with Gasteiger partial charge in [0.25, 0.3) is 0 Å². The van der Waals surface area contributed by atoms with E-state index in [9.17, 15) is 13.2 Å². The van der Waals surface area contributed by atoms with Gasteiger partial charge in [0.05, 0.1) is 0 Å². The molecule has 3 rings (SSSR count). The highest BCUT2D eigenvalue weighted by Gasteiger charge is 2.35. The summed E-state index contributed by atoms with van der Waals surface area (Å²) in [5.74, 6) is 0.499. The van der Waals surface area contributed by atoms with Crippen LogP contribution in [0.2, 0.25) is 0 Å². The summed E-state index contributed by atoms with van der Waals surface area (Å²) in [5, 5.41) is 3.53. The zero-order valence-electron chi connectivity index (χ0n) is 9.93. The average molecular weight is 271 g/mol. The third kappa shape index (κ3) is 2.12. The van der Waals surface area contributed by atoms with Crippen LogP contribution in [-0.4, -0.2) is 33.7 Å². The lowest BCUT2D eigenvalue weighted by Crippen LogP contribution is -2.27. The minimum atomic E-state index is -4.45. The fourth-order valence-corrected chi connectivity index (χ4v) is 2.27. The summed E-state index contributed by atoms with van der Waals surface area (Å²) in [7, 11) is 0. The van der Waals surface area contributed by atoms with E-state index in [0.717, 1.165) is 12.5 Å². The molecule has 2 aromatic rings.